The van der Waals surface area contributed by atoms with Crippen molar-refractivity contribution in [2.24, 2.45) is 5.11 Å². The van der Waals surface area contributed by atoms with Crippen LogP contribution in [0.5, 0.6) is 0 Å². The summed E-state index contributed by atoms with van der Waals surface area (Å²) in [5.41, 5.74) is 8.92. The van der Waals surface area contributed by atoms with Gasteiger partial charge in [0.1, 0.15) is 0 Å². The van der Waals surface area contributed by atoms with E-state index in [1.54, 1.807) is 30.3 Å². The molecule has 30 heavy (non-hydrogen) atoms. The molecular weight excluding hydrogens is 560 g/mol. The number of carbonyl (C=O) groups is 1. The average molecular weight is 571 g/mol. The zero-order valence-electron chi connectivity index (χ0n) is 14.9. The molecule has 0 aliphatic rings. The Bertz CT molecular complexity index is 1260. The summed E-state index contributed by atoms with van der Waals surface area (Å²) < 4.78 is 29.5. The fraction of sp³-hybridized carbons (Fsp3) is 0. The Morgan fingerprint density at radius 3 is 2.17 bits per heavy atom. The molecule has 0 atom stereocenters. The van der Waals surface area contributed by atoms with E-state index in [2.05, 4.69) is 41.9 Å². The lowest BCUT2D eigenvalue weighted by atomic mass is 10.1. The van der Waals surface area contributed by atoms with Crippen molar-refractivity contribution >= 4 is 70.8 Å². The van der Waals surface area contributed by atoms with Gasteiger partial charge in [0, 0.05) is 18.9 Å². The van der Waals surface area contributed by atoms with Gasteiger partial charge >= 0.3 is 0 Å². The molecule has 0 aromatic heterocycles. The summed E-state index contributed by atoms with van der Waals surface area (Å²) in [5.74, 6) is -0.915. The quantitative estimate of drug-likeness (QED) is 0.191. The molecule has 0 unspecified atom stereocenters. The first-order valence-electron chi connectivity index (χ1n) is 8.19. The summed E-state index contributed by atoms with van der Waals surface area (Å²) in [5, 5.41) is 3.51. The molecule has 0 spiro atoms. The molecular formula is C19H11Br2ClN4O3S. The predicted molar refractivity (Wildman–Crippen MR) is 123 cm³/mol. The number of azide groups is 1. The fourth-order valence-electron chi connectivity index (χ4n) is 2.65. The van der Waals surface area contributed by atoms with E-state index in [4.69, 9.17) is 17.1 Å². The van der Waals surface area contributed by atoms with Crippen molar-refractivity contribution in [3.8, 4) is 0 Å². The van der Waals surface area contributed by atoms with Crippen LogP contribution in [0.3, 0.4) is 0 Å². The van der Waals surface area contributed by atoms with Crippen LogP contribution in [0.2, 0.25) is 5.02 Å². The van der Waals surface area contributed by atoms with Crippen LogP contribution in [0, 0.1) is 0 Å². The summed E-state index contributed by atoms with van der Waals surface area (Å²) in [6, 6.07) is 16.6. The molecule has 0 aliphatic carbocycles. The van der Waals surface area contributed by atoms with Crippen LogP contribution in [0.1, 0.15) is 10.4 Å². The smallest absolute Gasteiger partial charge is 0.268 e. The van der Waals surface area contributed by atoms with Crippen LogP contribution in [0.4, 0.5) is 11.4 Å². The maximum atomic E-state index is 13.6. The van der Waals surface area contributed by atoms with E-state index in [0.29, 0.717) is 9.50 Å². The van der Waals surface area contributed by atoms with E-state index in [9.17, 15) is 13.2 Å². The van der Waals surface area contributed by atoms with Crippen LogP contribution in [0.25, 0.3) is 10.4 Å². The van der Waals surface area contributed by atoms with Gasteiger partial charge in [-0.15, -0.1) is 0 Å². The summed E-state index contributed by atoms with van der Waals surface area (Å²) in [4.78, 5) is 14.9. The third kappa shape index (κ3) is 4.69. The van der Waals surface area contributed by atoms with Crippen molar-refractivity contribution in [2.75, 3.05) is 4.31 Å². The van der Waals surface area contributed by atoms with Crippen molar-refractivity contribution in [2.45, 2.75) is 4.90 Å². The van der Waals surface area contributed by atoms with Crippen LogP contribution in [-0.4, -0.2) is 14.3 Å². The first-order valence-corrected chi connectivity index (χ1v) is 11.6. The van der Waals surface area contributed by atoms with Gasteiger partial charge in [0.25, 0.3) is 15.9 Å². The Labute approximate surface area is 194 Å². The number of anilines is 2. The maximum absolute atomic E-state index is 13.6. The van der Waals surface area contributed by atoms with Crippen LogP contribution in [0.15, 0.2) is 85.7 Å². The normalized spacial score (nSPS) is 10.9. The highest BCUT2D eigenvalue weighted by Gasteiger charge is 2.30. The first-order chi connectivity index (χ1) is 14.2. The molecule has 11 heteroatoms. The van der Waals surface area contributed by atoms with E-state index < -0.39 is 15.9 Å². The molecule has 0 fully saturated rings. The number of hydrogen-bond acceptors (Lipinski definition) is 3. The highest BCUT2D eigenvalue weighted by atomic mass is 79.9. The Balaban J connectivity index is 2.31. The van der Waals surface area contributed by atoms with E-state index in [1.165, 1.54) is 36.4 Å². The average Bonchev–Trinajstić information content (AvgIpc) is 2.71. The third-order valence-electron chi connectivity index (χ3n) is 3.96. The van der Waals surface area contributed by atoms with Crippen molar-refractivity contribution in [3.05, 3.63) is 96.7 Å². The summed E-state index contributed by atoms with van der Waals surface area (Å²) in [7, 11) is -4.16. The van der Waals surface area contributed by atoms with Crippen LogP contribution >= 0.6 is 43.5 Å². The van der Waals surface area contributed by atoms with Crippen molar-refractivity contribution in [3.63, 3.8) is 0 Å². The number of sulfonamides is 1. The van der Waals surface area contributed by atoms with Gasteiger partial charge in [-0.05, 0) is 77.4 Å². The second kappa shape index (κ2) is 9.20. The molecule has 0 saturated heterocycles. The Hall–Kier alpha value is -2.36. The van der Waals surface area contributed by atoms with E-state index in [0.717, 1.165) is 8.78 Å². The number of carbonyl (C=O) groups excluding carboxylic acids is 1. The van der Waals surface area contributed by atoms with E-state index >= 15 is 0 Å². The number of nitrogens with zero attached hydrogens (tertiary/aromatic N) is 4. The lowest BCUT2D eigenvalue weighted by Gasteiger charge is -2.26. The van der Waals surface area contributed by atoms with E-state index in [-0.39, 0.29) is 21.8 Å². The van der Waals surface area contributed by atoms with Crippen molar-refractivity contribution in [1.29, 1.82) is 0 Å². The molecule has 0 N–H and O–H groups in total. The fourth-order valence-corrected chi connectivity index (χ4v) is 4.91. The van der Waals surface area contributed by atoms with Crippen molar-refractivity contribution < 1.29 is 13.2 Å². The number of halogens is 3. The van der Waals surface area contributed by atoms with Crippen LogP contribution in [-0.2, 0) is 10.0 Å². The molecule has 0 radical (unpaired) electrons. The van der Waals surface area contributed by atoms with Gasteiger partial charge in [-0.1, -0.05) is 43.5 Å². The molecule has 3 aromatic carbocycles. The molecule has 3 aromatic rings. The molecule has 152 valence electrons. The highest BCUT2D eigenvalue weighted by molar-refractivity contribution is 9.10. The minimum Gasteiger partial charge on any atom is -0.287 e. The molecule has 0 bridgehead atoms. The standard InChI is InChI=1S/C19H11Br2ClN4O3S/c20-12-1-6-15(7-2-12)26(30(28,29)16-8-4-14(22)5-9-16)18-10-3-13(21)11-17(18)19(27)24-25-23/h1-11H. The molecule has 0 aliphatic heterocycles. The first kappa shape index (κ1) is 22.3. The Morgan fingerprint density at radius 2 is 1.57 bits per heavy atom. The van der Waals surface area contributed by atoms with Gasteiger partial charge in [-0.2, -0.15) is 0 Å². The Morgan fingerprint density at radius 1 is 0.967 bits per heavy atom. The number of rotatable bonds is 5. The van der Waals surface area contributed by atoms with Gasteiger partial charge in [0.2, 0.25) is 0 Å². The predicted octanol–water partition coefficient (Wildman–Crippen LogP) is 6.84. The summed E-state index contributed by atoms with van der Waals surface area (Å²) >= 11 is 12.5. The second-order valence-corrected chi connectivity index (χ2v) is 9.91. The maximum Gasteiger partial charge on any atom is 0.268 e. The van der Waals surface area contributed by atoms with Gasteiger partial charge in [-0.25, -0.2) is 12.7 Å². The zero-order chi connectivity index (χ0) is 21.9. The van der Waals surface area contributed by atoms with Gasteiger partial charge in [-0.3, -0.25) is 4.79 Å². The number of benzene rings is 3. The molecule has 3 rings (SSSR count). The molecule has 0 heterocycles. The Kier molecular flexibility index (Phi) is 6.84. The lowest BCUT2D eigenvalue weighted by Crippen LogP contribution is -2.27. The summed E-state index contributed by atoms with van der Waals surface area (Å²) in [6.45, 7) is 0. The van der Waals surface area contributed by atoms with E-state index in [1.807, 2.05) is 0 Å². The topological polar surface area (TPSA) is 103 Å². The number of amides is 1. The molecule has 0 saturated carbocycles. The van der Waals surface area contributed by atoms with Crippen LogP contribution < -0.4 is 4.31 Å². The largest absolute Gasteiger partial charge is 0.287 e. The lowest BCUT2D eigenvalue weighted by molar-refractivity contribution is 0.100. The molecule has 1 amide bonds. The second-order valence-electron chi connectivity index (χ2n) is 5.86. The highest BCUT2D eigenvalue weighted by Crippen LogP contribution is 2.37. The van der Waals surface area contributed by atoms with Gasteiger partial charge < -0.3 is 0 Å². The zero-order valence-corrected chi connectivity index (χ0v) is 19.7. The summed E-state index contributed by atoms with van der Waals surface area (Å²) in [6.07, 6.45) is 0. The minimum absolute atomic E-state index is 0.0279. The minimum atomic E-state index is -4.16. The molecule has 7 nitrogen and oxygen atoms in total. The van der Waals surface area contributed by atoms with Crippen molar-refractivity contribution in [1.82, 2.24) is 0 Å². The van der Waals surface area contributed by atoms with Gasteiger partial charge in [0.15, 0.2) is 0 Å². The van der Waals surface area contributed by atoms with Gasteiger partial charge in [0.05, 0.1) is 21.8 Å². The third-order valence-corrected chi connectivity index (χ3v) is 6.99. The SMILES string of the molecule is [N-]=[N+]=NC(=O)c1cc(Br)ccc1N(c1ccc(Br)cc1)S(=O)(=O)c1ccc(Cl)cc1. The monoisotopic (exact) mass is 568 g/mol. The number of hydrogen-bond donors (Lipinski definition) is 0.